The molecule has 0 saturated heterocycles. The first-order chi connectivity index (χ1) is 10.9. The Morgan fingerprint density at radius 3 is 2.91 bits per heavy atom. The molecule has 0 bridgehead atoms. The minimum atomic E-state index is -0.419. The smallest absolute Gasteiger partial charge is 0.286 e. The van der Waals surface area contributed by atoms with E-state index in [9.17, 15) is 9.59 Å². The number of amides is 2. The summed E-state index contributed by atoms with van der Waals surface area (Å²) >= 11 is 7.89. The molecule has 2 rings (SSSR count). The highest BCUT2D eigenvalue weighted by Gasteiger charge is 2.23. The van der Waals surface area contributed by atoms with Crippen LogP contribution >= 0.6 is 43.6 Å². The molecule has 1 aliphatic heterocycles. The summed E-state index contributed by atoms with van der Waals surface area (Å²) in [7, 11) is 0. The molecular formula is C15H10Br2N2O3S. The Labute approximate surface area is 154 Å². The summed E-state index contributed by atoms with van der Waals surface area (Å²) < 4.78 is 7.04. The average molecular weight is 458 g/mol. The van der Waals surface area contributed by atoms with Crippen LogP contribution in [0.4, 0.5) is 0 Å². The molecule has 118 valence electrons. The molecule has 1 N–H and O–H groups in total. The second kappa shape index (κ2) is 7.81. The Morgan fingerprint density at radius 1 is 1.52 bits per heavy atom. The number of hydrogen-bond donors (Lipinski definition) is 1. The fourth-order valence-electron chi connectivity index (χ4n) is 1.71. The maximum Gasteiger partial charge on any atom is 0.286 e. The molecule has 2 amide bonds. The van der Waals surface area contributed by atoms with Crippen molar-refractivity contribution in [3.8, 4) is 18.1 Å². The molecule has 0 aliphatic carbocycles. The van der Waals surface area contributed by atoms with Gasteiger partial charge in [0.1, 0.15) is 12.4 Å². The zero-order chi connectivity index (χ0) is 17.0. The molecule has 23 heavy (non-hydrogen) atoms. The van der Waals surface area contributed by atoms with Crippen LogP contribution in [0.25, 0.3) is 6.08 Å². The van der Waals surface area contributed by atoms with Gasteiger partial charge in [-0.1, -0.05) is 21.9 Å². The number of thioether (sulfide) groups is 1. The van der Waals surface area contributed by atoms with Gasteiger partial charge in [-0.2, -0.15) is 4.99 Å². The van der Waals surface area contributed by atoms with Gasteiger partial charge in [-0.25, -0.2) is 0 Å². The first kappa shape index (κ1) is 17.8. The number of benzene rings is 1. The van der Waals surface area contributed by atoms with Crippen molar-refractivity contribution in [2.75, 3.05) is 6.61 Å². The van der Waals surface area contributed by atoms with Crippen molar-refractivity contribution in [1.29, 1.82) is 0 Å². The Kier molecular flexibility index (Phi) is 6.04. The van der Waals surface area contributed by atoms with Gasteiger partial charge >= 0.3 is 0 Å². The minimum absolute atomic E-state index is 0.102. The predicted octanol–water partition coefficient (Wildman–Crippen LogP) is 3.33. The molecule has 0 unspecified atom stereocenters. The topological polar surface area (TPSA) is 67.8 Å². The van der Waals surface area contributed by atoms with Crippen molar-refractivity contribution < 1.29 is 14.3 Å². The summed E-state index contributed by atoms with van der Waals surface area (Å²) in [6, 6.07) is 3.62. The van der Waals surface area contributed by atoms with Gasteiger partial charge in [0.2, 0.25) is 5.91 Å². The number of carbonyl (C=O) groups is 2. The molecule has 0 radical (unpaired) electrons. The summed E-state index contributed by atoms with van der Waals surface area (Å²) in [5.41, 5.74) is 0.664. The highest BCUT2D eigenvalue weighted by Crippen LogP contribution is 2.36. The molecule has 1 aliphatic rings. The zero-order valence-electron chi connectivity index (χ0n) is 11.9. The van der Waals surface area contributed by atoms with Crippen LogP contribution in [0.3, 0.4) is 0 Å². The van der Waals surface area contributed by atoms with Crippen LogP contribution in [-0.2, 0) is 9.59 Å². The second-order valence-corrected chi connectivity index (χ2v) is 7.11. The summed E-state index contributed by atoms with van der Waals surface area (Å²) in [6.07, 6.45) is 6.87. The third kappa shape index (κ3) is 4.70. The van der Waals surface area contributed by atoms with Crippen LogP contribution in [0.1, 0.15) is 12.5 Å². The number of rotatable bonds is 3. The average Bonchev–Trinajstić information content (AvgIpc) is 2.76. The van der Waals surface area contributed by atoms with E-state index in [4.69, 9.17) is 11.2 Å². The van der Waals surface area contributed by atoms with E-state index < -0.39 is 5.91 Å². The standard InChI is InChI=1S/C15H10Br2N2O3S/c1-3-4-22-13-9(5-10(16)7-11(13)17)6-12-14(21)19-15(23-12)18-8(2)20/h1,5-7H,4H2,2H3,(H,18,19,20,21). The van der Waals surface area contributed by atoms with Crippen LogP contribution in [0.2, 0.25) is 0 Å². The van der Waals surface area contributed by atoms with Crippen LogP contribution < -0.4 is 10.1 Å². The number of amidine groups is 1. The number of aliphatic imine (C=N–C) groups is 1. The van der Waals surface area contributed by atoms with Crippen LogP contribution in [0, 0.1) is 12.3 Å². The number of halogens is 2. The van der Waals surface area contributed by atoms with E-state index in [2.05, 4.69) is 48.1 Å². The molecule has 5 nitrogen and oxygen atoms in total. The van der Waals surface area contributed by atoms with E-state index in [1.54, 1.807) is 12.1 Å². The number of nitrogens with one attached hydrogen (secondary N) is 1. The minimum Gasteiger partial charge on any atom is -0.479 e. The maximum atomic E-state index is 11.9. The van der Waals surface area contributed by atoms with Crippen molar-refractivity contribution >= 4 is 66.7 Å². The quantitative estimate of drug-likeness (QED) is 0.558. The molecule has 1 heterocycles. The first-order valence-corrected chi connectivity index (χ1v) is 8.66. The zero-order valence-corrected chi connectivity index (χ0v) is 15.8. The molecule has 0 saturated carbocycles. The Morgan fingerprint density at radius 2 is 2.26 bits per heavy atom. The predicted molar refractivity (Wildman–Crippen MR) is 98.0 cm³/mol. The number of nitrogens with zero attached hydrogens (tertiary/aromatic N) is 1. The summed E-state index contributed by atoms with van der Waals surface area (Å²) in [6.45, 7) is 1.46. The van der Waals surface area contributed by atoms with Gasteiger partial charge in [0.05, 0.1) is 9.38 Å². The summed E-state index contributed by atoms with van der Waals surface area (Å²) in [4.78, 5) is 27.2. The molecule has 0 fully saturated rings. The number of hydrogen-bond acceptors (Lipinski definition) is 4. The van der Waals surface area contributed by atoms with E-state index in [-0.39, 0.29) is 17.7 Å². The van der Waals surface area contributed by atoms with Gasteiger partial charge in [0.25, 0.3) is 5.91 Å². The molecule has 1 aromatic carbocycles. The SMILES string of the molecule is C#CCOc1c(Br)cc(Br)cc1C=C1SC(NC(C)=O)=NC1=O. The normalized spacial score (nSPS) is 15.3. The van der Waals surface area contributed by atoms with Gasteiger partial charge in [-0.3, -0.25) is 9.59 Å². The van der Waals surface area contributed by atoms with Gasteiger partial charge < -0.3 is 10.1 Å². The van der Waals surface area contributed by atoms with Gasteiger partial charge in [0.15, 0.2) is 5.17 Å². The lowest BCUT2D eigenvalue weighted by Crippen LogP contribution is -2.23. The van der Waals surface area contributed by atoms with Gasteiger partial charge in [0, 0.05) is 17.0 Å². The highest BCUT2D eigenvalue weighted by molar-refractivity contribution is 9.11. The number of ether oxygens (including phenoxy) is 1. The fraction of sp³-hybridized carbons (Fsp3) is 0.133. The van der Waals surface area contributed by atoms with Crippen molar-refractivity contribution in [2.45, 2.75) is 6.92 Å². The highest BCUT2D eigenvalue weighted by atomic mass is 79.9. The van der Waals surface area contributed by atoms with E-state index in [0.29, 0.717) is 20.7 Å². The molecule has 1 aromatic rings. The molecule has 8 heteroatoms. The lowest BCUT2D eigenvalue weighted by molar-refractivity contribution is -0.117. The van der Waals surface area contributed by atoms with Crippen molar-refractivity contribution in [1.82, 2.24) is 5.32 Å². The van der Waals surface area contributed by atoms with Crippen molar-refractivity contribution in [3.63, 3.8) is 0 Å². The van der Waals surface area contributed by atoms with Crippen molar-refractivity contribution in [2.24, 2.45) is 4.99 Å². The van der Waals surface area contributed by atoms with Gasteiger partial charge in [-0.05, 0) is 45.9 Å². The van der Waals surface area contributed by atoms with Crippen LogP contribution in [0.15, 0.2) is 31.0 Å². The molecule has 0 atom stereocenters. The van der Waals surface area contributed by atoms with Crippen LogP contribution in [0.5, 0.6) is 5.75 Å². The second-order valence-electron chi connectivity index (χ2n) is 4.31. The third-order valence-electron chi connectivity index (χ3n) is 2.53. The van der Waals surface area contributed by atoms with E-state index >= 15 is 0 Å². The lowest BCUT2D eigenvalue weighted by Gasteiger charge is -2.10. The molecular weight excluding hydrogens is 448 g/mol. The third-order valence-corrected chi connectivity index (χ3v) is 4.47. The lowest BCUT2D eigenvalue weighted by atomic mass is 10.2. The van der Waals surface area contributed by atoms with Gasteiger partial charge in [-0.15, -0.1) is 6.42 Å². The summed E-state index contributed by atoms with van der Waals surface area (Å²) in [5, 5.41) is 2.75. The Balaban J connectivity index is 2.34. The molecule has 0 spiro atoms. The first-order valence-electron chi connectivity index (χ1n) is 6.26. The fourth-order valence-corrected chi connectivity index (χ4v) is 3.93. The largest absolute Gasteiger partial charge is 0.479 e. The number of terminal acetylenes is 1. The van der Waals surface area contributed by atoms with Crippen LogP contribution in [-0.4, -0.2) is 23.6 Å². The molecule has 0 aromatic heterocycles. The van der Waals surface area contributed by atoms with E-state index in [1.807, 2.05) is 6.07 Å². The monoisotopic (exact) mass is 456 g/mol. The van der Waals surface area contributed by atoms with E-state index in [0.717, 1.165) is 16.2 Å². The summed E-state index contributed by atoms with van der Waals surface area (Å²) in [5.74, 6) is 2.22. The Hall–Kier alpha value is -1.56. The number of carbonyl (C=O) groups excluding carboxylic acids is 2. The Bertz CT molecular complexity index is 782. The maximum absolute atomic E-state index is 11.9. The van der Waals surface area contributed by atoms with E-state index in [1.165, 1.54) is 6.92 Å². The van der Waals surface area contributed by atoms with Crippen molar-refractivity contribution in [3.05, 3.63) is 31.5 Å².